The van der Waals surface area contributed by atoms with Gasteiger partial charge in [0.25, 0.3) is 5.91 Å². The highest BCUT2D eigenvalue weighted by Crippen LogP contribution is 2.23. The lowest BCUT2D eigenvalue weighted by atomic mass is 10.1. The number of aromatic nitrogens is 1. The zero-order valence-electron chi connectivity index (χ0n) is 15.7. The van der Waals surface area contributed by atoms with E-state index in [1.807, 2.05) is 19.9 Å². The van der Waals surface area contributed by atoms with E-state index in [9.17, 15) is 4.79 Å². The number of piperidine rings is 1. The van der Waals surface area contributed by atoms with E-state index in [1.54, 1.807) is 12.3 Å². The van der Waals surface area contributed by atoms with Crippen molar-refractivity contribution in [3.63, 3.8) is 0 Å². The second kappa shape index (κ2) is 8.70. The van der Waals surface area contributed by atoms with Crippen molar-refractivity contribution >= 4 is 23.0 Å². The average Bonchev–Trinajstić information content (AvgIpc) is 2.69. The molecule has 2 heterocycles. The third-order valence-electron chi connectivity index (χ3n) is 4.86. The molecule has 1 atom stereocenters. The van der Waals surface area contributed by atoms with E-state index in [0.717, 1.165) is 30.9 Å². The fraction of sp³-hybridized carbons (Fsp3) is 0.429. The summed E-state index contributed by atoms with van der Waals surface area (Å²) in [6.07, 6.45) is 6.45. The second-order valence-electron chi connectivity index (χ2n) is 6.93. The number of amides is 1. The van der Waals surface area contributed by atoms with E-state index in [0.29, 0.717) is 5.69 Å². The van der Waals surface area contributed by atoms with Crippen molar-refractivity contribution in [2.45, 2.75) is 45.6 Å². The number of nitrogens with zero attached hydrogens (tertiary/aromatic N) is 2. The van der Waals surface area contributed by atoms with Gasteiger partial charge in [0.1, 0.15) is 5.69 Å². The molecule has 2 aromatic rings. The van der Waals surface area contributed by atoms with Crippen LogP contribution in [0.3, 0.4) is 0 Å². The van der Waals surface area contributed by atoms with Crippen molar-refractivity contribution in [2.75, 3.05) is 23.3 Å². The molecular formula is C21H28N4O. The summed E-state index contributed by atoms with van der Waals surface area (Å²) in [6, 6.07) is 12.3. The zero-order chi connectivity index (χ0) is 18.4. The third kappa shape index (κ3) is 4.75. The fourth-order valence-electron chi connectivity index (χ4n) is 3.11. The van der Waals surface area contributed by atoms with Gasteiger partial charge in [-0.3, -0.25) is 9.78 Å². The molecule has 0 radical (unpaired) electrons. The maximum Gasteiger partial charge on any atom is 0.270 e. The maximum absolute atomic E-state index is 12.2. The Hall–Kier alpha value is -2.56. The van der Waals surface area contributed by atoms with Gasteiger partial charge in [0.05, 0.1) is 0 Å². The van der Waals surface area contributed by atoms with Gasteiger partial charge in [-0.05, 0) is 69.0 Å². The standard InChI is InChI=1S/C21H28N4O/c1-3-16(2)23-21(26)20-15-18(11-12-22-20)24-17-7-9-19(10-8-17)25-13-5-4-6-14-25/h7-12,15-16H,3-6,13-14H2,1-2H3,(H,22,24)(H,23,26). The average molecular weight is 352 g/mol. The monoisotopic (exact) mass is 352 g/mol. The molecule has 5 heteroatoms. The third-order valence-corrected chi connectivity index (χ3v) is 4.86. The summed E-state index contributed by atoms with van der Waals surface area (Å²) in [7, 11) is 0. The van der Waals surface area contributed by atoms with Crippen LogP contribution in [0.5, 0.6) is 0 Å². The Morgan fingerprint density at radius 2 is 1.85 bits per heavy atom. The van der Waals surface area contributed by atoms with Gasteiger partial charge in [-0.25, -0.2) is 0 Å². The van der Waals surface area contributed by atoms with Crippen molar-refractivity contribution in [3.8, 4) is 0 Å². The predicted octanol–water partition coefficient (Wildman–Crippen LogP) is 4.34. The number of carbonyl (C=O) groups is 1. The van der Waals surface area contributed by atoms with Gasteiger partial charge in [0.2, 0.25) is 0 Å². The molecule has 26 heavy (non-hydrogen) atoms. The SMILES string of the molecule is CCC(C)NC(=O)c1cc(Nc2ccc(N3CCCCC3)cc2)ccn1. The minimum Gasteiger partial charge on any atom is -0.372 e. The Labute approximate surface area is 155 Å². The van der Waals surface area contributed by atoms with Crippen LogP contribution in [0.25, 0.3) is 0 Å². The number of nitrogens with one attached hydrogen (secondary N) is 2. The van der Waals surface area contributed by atoms with Gasteiger partial charge in [-0.15, -0.1) is 0 Å². The van der Waals surface area contributed by atoms with E-state index in [1.165, 1.54) is 24.9 Å². The van der Waals surface area contributed by atoms with Crippen LogP contribution >= 0.6 is 0 Å². The highest BCUT2D eigenvalue weighted by Gasteiger charge is 2.12. The number of hydrogen-bond donors (Lipinski definition) is 2. The summed E-state index contributed by atoms with van der Waals surface area (Å²) < 4.78 is 0. The molecule has 1 aliphatic rings. The topological polar surface area (TPSA) is 57.3 Å². The summed E-state index contributed by atoms with van der Waals surface area (Å²) in [5.41, 5.74) is 3.57. The highest BCUT2D eigenvalue weighted by atomic mass is 16.1. The normalized spacial score (nSPS) is 15.4. The molecule has 1 saturated heterocycles. The molecule has 1 aromatic carbocycles. The Balaban J connectivity index is 1.65. The number of hydrogen-bond acceptors (Lipinski definition) is 4. The molecule has 1 aromatic heterocycles. The van der Waals surface area contributed by atoms with Gasteiger partial charge in [0.15, 0.2) is 0 Å². The lowest BCUT2D eigenvalue weighted by Gasteiger charge is -2.28. The van der Waals surface area contributed by atoms with E-state index < -0.39 is 0 Å². The van der Waals surface area contributed by atoms with Crippen LogP contribution in [0, 0.1) is 0 Å². The number of anilines is 3. The number of carbonyl (C=O) groups excluding carboxylic acids is 1. The molecule has 3 rings (SSSR count). The number of pyridine rings is 1. The zero-order valence-corrected chi connectivity index (χ0v) is 15.7. The highest BCUT2D eigenvalue weighted by molar-refractivity contribution is 5.93. The summed E-state index contributed by atoms with van der Waals surface area (Å²) >= 11 is 0. The smallest absolute Gasteiger partial charge is 0.270 e. The molecular weight excluding hydrogens is 324 g/mol. The summed E-state index contributed by atoms with van der Waals surface area (Å²) in [5, 5.41) is 6.30. The summed E-state index contributed by atoms with van der Waals surface area (Å²) in [4.78, 5) is 18.9. The first-order chi connectivity index (χ1) is 12.7. The van der Waals surface area contributed by atoms with Crippen LogP contribution in [0.15, 0.2) is 42.6 Å². The van der Waals surface area contributed by atoms with E-state index in [-0.39, 0.29) is 11.9 Å². The van der Waals surface area contributed by atoms with Crippen molar-refractivity contribution in [3.05, 3.63) is 48.3 Å². The lowest BCUT2D eigenvalue weighted by molar-refractivity contribution is 0.0934. The van der Waals surface area contributed by atoms with Crippen molar-refractivity contribution in [1.82, 2.24) is 10.3 Å². The Bertz CT molecular complexity index is 723. The molecule has 1 amide bonds. The molecule has 2 N–H and O–H groups in total. The van der Waals surface area contributed by atoms with E-state index >= 15 is 0 Å². The Morgan fingerprint density at radius 1 is 1.12 bits per heavy atom. The molecule has 0 spiro atoms. The van der Waals surface area contributed by atoms with Crippen LogP contribution in [0.1, 0.15) is 50.0 Å². The fourth-order valence-corrected chi connectivity index (χ4v) is 3.11. The van der Waals surface area contributed by atoms with E-state index in [2.05, 4.69) is 44.8 Å². The molecule has 0 bridgehead atoms. The van der Waals surface area contributed by atoms with E-state index in [4.69, 9.17) is 0 Å². The molecule has 5 nitrogen and oxygen atoms in total. The van der Waals surface area contributed by atoms with Gasteiger partial charge < -0.3 is 15.5 Å². The van der Waals surface area contributed by atoms with Crippen LogP contribution in [-0.4, -0.2) is 30.0 Å². The quantitative estimate of drug-likeness (QED) is 0.812. The van der Waals surface area contributed by atoms with Crippen LogP contribution < -0.4 is 15.5 Å². The minimum absolute atomic E-state index is 0.136. The first kappa shape index (κ1) is 18.2. The largest absolute Gasteiger partial charge is 0.372 e. The van der Waals surface area contributed by atoms with Crippen molar-refractivity contribution < 1.29 is 4.79 Å². The summed E-state index contributed by atoms with van der Waals surface area (Å²) in [5.74, 6) is -0.136. The summed E-state index contributed by atoms with van der Waals surface area (Å²) in [6.45, 7) is 6.32. The molecule has 0 aliphatic carbocycles. The van der Waals surface area contributed by atoms with Gasteiger partial charge in [-0.1, -0.05) is 6.92 Å². The van der Waals surface area contributed by atoms with Crippen molar-refractivity contribution in [2.24, 2.45) is 0 Å². The maximum atomic E-state index is 12.2. The molecule has 0 saturated carbocycles. The second-order valence-corrected chi connectivity index (χ2v) is 6.93. The van der Waals surface area contributed by atoms with Crippen LogP contribution in [-0.2, 0) is 0 Å². The van der Waals surface area contributed by atoms with Gasteiger partial charge >= 0.3 is 0 Å². The Kier molecular flexibility index (Phi) is 6.10. The molecule has 1 fully saturated rings. The lowest BCUT2D eigenvalue weighted by Crippen LogP contribution is -2.32. The molecule has 138 valence electrons. The molecule has 1 aliphatic heterocycles. The number of benzene rings is 1. The molecule has 1 unspecified atom stereocenters. The predicted molar refractivity (Wildman–Crippen MR) is 107 cm³/mol. The van der Waals surface area contributed by atoms with Crippen LogP contribution in [0.4, 0.5) is 17.1 Å². The van der Waals surface area contributed by atoms with Crippen LogP contribution in [0.2, 0.25) is 0 Å². The minimum atomic E-state index is -0.136. The van der Waals surface area contributed by atoms with Gasteiger partial charge in [-0.2, -0.15) is 0 Å². The first-order valence-corrected chi connectivity index (χ1v) is 9.54. The number of rotatable bonds is 6. The van der Waals surface area contributed by atoms with Gasteiger partial charge in [0, 0.05) is 42.4 Å². The van der Waals surface area contributed by atoms with Crippen molar-refractivity contribution in [1.29, 1.82) is 0 Å². The first-order valence-electron chi connectivity index (χ1n) is 9.54. The Morgan fingerprint density at radius 3 is 2.54 bits per heavy atom.